The number of rotatable bonds is 5. The van der Waals surface area contributed by atoms with Gasteiger partial charge in [0.15, 0.2) is 5.75 Å². The number of anilines is 1. The Bertz CT molecular complexity index is 962. The number of thiophene rings is 1. The molecule has 178 valence electrons. The smallest absolute Gasteiger partial charge is 0.437 e. The van der Waals surface area contributed by atoms with E-state index < -0.39 is 6.16 Å². The minimum absolute atomic E-state index is 0.0367. The molecule has 0 unspecified atom stereocenters. The van der Waals surface area contributed by atoms with Crippen LogP contribution in [0.3, 0.4) is 0 Å². The van der Waals surface area contributed by atoms with Gasteiger partial charge in [0.2, 0.25) is 5.91 Å². The fourth-order valence-corrected chi connectivity index (χ4v) is 5.75. The SMILES string of the molecule is COC(=O)Oc1cc(-c2ccc(F)cc2)sc1N(C(=O)C1CCC(C)CC1)C1CCOCC1. The number of nitrogens with zero attached hydrogens (tertiary/aromatic N) is 1. The summed E-state index contributed by atoms with van der Waals surface area (Å²) < 4.78 is 29.2. The summed E-state index contributed by atoms with van der Waals surface area (Å²) in [4.78, 5) is 28.5. The van der Waals surface area contributed by atoms with Crippen LogP contribution in [0.15, 0.2) is 30.3 Å². The lowest BCUT2D eigenvalue weighted by Crippen LogP contribution is -2.46. The second kappa shape index (κ2) is 10.7. The van der Waals surface area contributed by atoms with Gasteiger partial charge in [-0.2, -0.15) is 0 Å². The molecule has 1 aromatic heterocycles. The molecule has 1 saturated heterocycles. The first kappa shape index (κ1) is 23.7. The van der Waals surface area contributed by atoms with Gasteiger partial charge in [-0.15, -0.1) is 11.3 Å². The lowest BCUT2D eigenvalue weighted by atomic mass is 9.82. The summed E-state index contributed by atoms with van der Waals surface area (Å²) in [7, 11) is 1.25. The summed E-state index contributed by atoms with van der Waals surface area (Å²) in [5.41, 5.74) is 0.785. The van der Waals surface area contributed by atoms with Crippen LogP contribution < -0.4 is 9.64 Å². The molecule has 0 N–H and O–H groups in total. The Balaban J connectivity index is 1.74. The summed E-state index contributed by atoms with van der Waals surface area (Å²) in [6, 6.07) is 7.82. The first-order chi connectivity index (χ1) is 16.0. The Kier molecular flexibility index (Phi) is 7.65. The third kappa shape index (κ3) is 5.55. The molecule has 0 spiro atoms. The van der Waals surface area contributed by atoms with Crippen LogP contribution in [0.1, 0.15) is 45.4 Å². The zero-order valence-corrected chi connectivity index (χ0v) is 19.9. The molecular formula is C25H30FNO5S. The van der Waals surface area contributed by atoms with Crippen molar-refractivity contribution in [1.29, 1.82) is 0 Å². The molecule has 1 aromatic carbocycles. The maximum Gasteiger partial charge on any atom is 0.513 e. The van der Waals surface area contributed by atoms with E-state index >= 15 is 0 Å². The van der Waals surface area contributed by atoms with Crippen molar-refractivity contribution in [1.82, 2.24) is 0 Å². The maximum absolute atomic E-state index is 13.9. The van der Waals surface area contributed by atoms with E-state index in [1.807, 2.05) is 4.90 Å². The lowest BCUT2D eigenvalue weighted by Gasteiger charge is -2.37. The van der Waals surface area contributed by atoms with Crippen LogP contribution in [-0.4, -0.2) is 38.4 Å². The highest BCUT2D eigenvalue weighted by atomic mass is 32.1. The quantitative estimate of drug-likeness (QED) is 0.494. The second-order valence-corrected chi connectivity index (χ2v) is 9.88. The summed E-state index contributed by atoms with van der Waals surface area (Å²) in [6.45, 7) is 3.40. The van der Waals surface area contributed by atoms with E-state index in [0.29, 0.717) is 24.1 Å². The average molecular weight is 476 g/mol. The summed E-state index contributed by atoms with van der Waals surface area (Å²) in [5.74, 6) is 0.625. The molecule has 8 heteroatoms. The van der Waals surface area contributed by atoms with Crippen molar-refractivity contribution in [3.63, 3.8) is 0 Å². The third-order valence-corrected chi connectivity index (χ3v) is 7.71. The van der Waals surface area contributed by atoms with Crippen molar-refractivity contribution in [3.05, 3.63) is 36.1 Å². The molecule has 0 bridgehead atoms. The zero-order valence-electron chi connectivity index (χ0n) is 19.1. The van der Waals surface area contributed by atoms with E-state index in [9.17, 15) is 14.0 Å². The molecule has 1 aliphatic carbocycles. The number of methoxy groups -OCH3 is 1. The molecular weight excluding hydrogens is 445 g/mol. The van der Waals surface area contributed by atoms with E-state index in [4.69, 9.17) is 14.2 Å². The predicted octanol–water partition coefficient (Wildman–Crippen LogP) is 6.04. The number of ether oxygens (including phenoxy) is 3. The van der Waals surface area contributed by atoms with E-state index in [0.717, 1.165) is 49.0 Å². The molecule has 2 aliphatic rings. The minimum Gasteiger partial charge on any atom is -0.437 e. The van der Waals surface area contributed by atoms with E-state index in [-0.39, 0.29) is 29.4 Å². The number of carbonyl (C=O) groups excluding carboxylic acids is 2. The van der Waals surface area contributed by atoms with Gasteiger partial charge in [0.25, 0.3) is 0 Å². The summed E-state index contributed by atoms with van der Waals surface area (Å²) in [6.07, 6.45) is 4.40. The highest BCUT2D eigenvalue weighted by molar-refractivity contribution is 7.20. The van der Waals surface area contributed by atoms with Crippen LogP contribution in [0, 0.1) is 17.7 Å². The van der Waals surface area contributed by atoms with Gasteiger partial charge in [-0.1, -0.05) is 19.1 Å². The molecule has 33 heavy (non-hydrogen) atoms. The number of benzene rings is 1. The Morgan fingerprint density at radius 3 is 2.36 bits per heavy atom. The van der Waals surface area contributed by atoms with Gasteiger partial charge in [0.1, 0.15) is 10.8 Å². The van der Waals surface area contributed by atoms with Crippen molar-refractivity contribution < 1.29 is 28.2 Å². The van der Waals surface area contributed by atoms with Gasteiger partial charge < -0.3 is 14.2 Å². The fraction of sp³-hybridized carbons (Fsp3) is 0.520. The van der Waals surface area contributed by atoms with Gasteiger partial charge in [0.05, 0.1) is 7.11 Å². The van der Waals surface area contributed by atoms with Crippen molar-refractivity contribution in [2.45, 2.75) is 51.5 Å². The average Bonchev–Trinajstić information content (AvgIpc) is 3.23. The number of amides is 1. The van der Waals surface area contributed by atoms with Crippen molar-refractivity contribution in [2.75, 3.05) is 25.2 Å². The van der Waals surface area contributed by atoms with E-state index in [1.165, 1.54) is 30.6 Å². The molecule has 4 rings (SSSR count). The van der Waals surface area contributed by atoms with Gasteiger partial charge in [-0.05, 0) is 62.1 Å². The second-order valence-electron chi connectivity index (χ2n) is 8.85. The number of carbonyl (C=O) groups is 2. The topological polar surface area (TPSA) is 65.1 Å². The minimum atomic E-state index is -0.842. The van der Waals surface area contributed by atoms with Crippen LogP contribution in [-0.2, 0) is 14.3 Å². The van der Waals surface area contributed by atoms with E-state index in [2.05, 4.69) is 6.92 Å². The molecule has 0 atom stereocenters. The standard InChI is InChI=1S/C25H30FNO5S/c1-16-3-5-18(6-4-16)23(28)27(20-11-13-31-14-12-20)24-21(32-25(29)30-2)15-22(33-24)17-7-9-19(26)10-8-17/h7-10,15-16,18,20H,3-6,11-14H2,1-2H3. The lowest BCUT2D eigenvalue weighted by molar-refractivity contribution is -0.124. The van der Waals surface area contributed by atoms with Crippen LogP contribution in [0.4, 0.5) is 14.2 Å². The Labute approximate surface area is 197 Å². The zero-order chi connectivity index (χ0) is 23.4. The first-order valence-electron chi connectivity index (χ1n) is 11.5. The van der Waals surface area contributed by atoms with Gasteiger partial charge >= 0.3 is 6.16 Å². The monoisotopic (exact) mass is 475 g/mol. The first-order valence-corrected chi connectivity index (χ1v) is 12.3. The molecule has 0 radical (unpaired) electrons. The van der Waals surface area contributed by atoms with Crippen molar-refractivity contribution >= 4 is 28.4 Å². The molecule has 2 aromatic rings. The molecule has 1 amide bonds. The van der Waals surface area contributed by atoms with Crippen LogP contribution in [0.25, 0.3) is 10.4 Å². The highest BCUT2D eigenvalue weighted by Gasteiger charge is 2.36. The highest BCUT2D eigenvalue weighted by Crippen LogP contribution is 2.46. The summed E-state index contributed by atoms with van der Waals surface area (Å²) >= 11 is 1.37. The fourth-order valence-electron chi connectivity index (χ4n) is 4.59. The predicted molar refractivity (Wildman–Crippen MR) is 125 cm³/mol. The Morgan fingerprint density at radius 2 is 1.73 bits per heavy atom. The van der Waals surface area contributed by atoms with Crippen molar-refractivity contribution in [2.24, 2.45) is 11.8 Å². The normalized spacial score (nSPS) is 21.4. The molecule has 1 aliphatic heterocycles. The molecule has 2 fully saturated rings. The van der Waals surface area contributed by atoms with Crippen LogP contribution >= 0.6 is 11.3 Å². The van der Waals surface area contributed by atoms with Gasteiger partial charge in [-0.3, -0.25) is 9.69 Å². The number of hydrogen-bond acceptors (Lipinski definition) is 6. The van der Waals surface area contributed by atoms with Gasteiger partial charge in [-0.25, -0.2) is 9.18 Å². The van der Waals surface area contributed by atoms with Gasteiger partial charge in [0, 0.05) is 36.1 Å². The maximum atomic E-state index is 13.9. The largest absolute Gasteiger partial charge is 0.513 e. The number of hydrogen-bond donors (Lipinski definition) is 0. The molecule has 1 saturated carbocycles. The molecule has 2 heterocycles. The van der Waals surface area contributed by atoms with E-state index in [1.54, 1.807) is 18.2 Å². The molecule has 6 nitrogen and oxygen atoms in total. The van der Waals surface area contributed by atoms with Crippen molar-refractivity contribution in [3.8, 4) is 16.2 Å². The van der Waals surface area contributed by atoms with Crippen LogP contribution in [0.5, 0.6) is 5.75 Å². The Morgan fingerprint density at radius 1 is 1.06 bits per heavy atom. The Hall–Kier alpha value is -2.45. The third-order valence-electron chi connectivity index (χ3n) is 6.55. The van der Waals surface area contributed by atoms with Crippen LogP contribution in [0.2, 0.25) is 0 Å². The number of halogens is 1. The summed E-state index contributed by atoms with van der Waals surface area (Å²) in [5, 5.41) is 0.593.